The molecule has 2 aliphatic heterocycles. The number of aliphatic carboxylic acids is 1. The maximum atomic E-state index is 13.6. The number of imide groups is 1. The van der Waals surface area contributed by atoms with Crippen molar-refractivity contribution in [2.75, 3.05) is 26.4 Å². The standard InChI is InChI=1S/C29H32N2O9S2/c1-3-38-17-10-13(7-8-16(17)40-12-19(34)39-4-2)20-21-14-11-15(24(21)41-26-25(20)42-29(37)30-26)23-22(14)27(35)31(28(23)36)9-5-6-18(32)33/h7-8,10,14-15,20-24H,3-6,9,11-12H2,1-2H3,(H,30,37)(H,32,33)/t14?,15?,20-,21?,22?,23?,24?/m1/s1. The third kappa shape index (κ3) is 4.80. The van der Waals surface area contributed by atoms with Crippen LogP contribution in [0.4, 0.5) is 0 Å². The van der Waals surface area contributed by atoms with Crippen molar-refractivity contribution in [3.05, 3.63) is 38.3 Å². The van der Waals surface area contributed by atoms with Gasteiger partial charge in [-0.15, -0.1) is 11.8 Å². The number of rotatable bonds is 11. The summed E-state index contributed by atoms with van der Waals surface area (Å²) in [6.07, 6.45) is 0.889. The SMILES string of the molecule is CCOC(=O)COc1ccc([C@H]2c3sc(=O)[nH]c3SC3C4CC(C5C(=O)N(CCCC(=O)O)C(=O)C45)C32)cc1OCC. The number of esters is 1. The molecule has 42 heavy (non-hydrogen) atoms. The molecule has 1 aromatic carbocycles. The number of carboxylic acid groups (broad SMARTS) is 1. The maximum absolute atomic E-state index is 13.6. The Morgan fingerprint density at radius 1 is 1.05 bits per heavy atom. The van der Waals surface area contributed by atoms with E-state index in [1.807, 2.05) is 19.1 Å². The topological polar surface area (TPSA) is 152 Å². The summed E-state index contributed by atoms with van der Waals surface area (Å²) in [5, 5.41) is 9.87. The van der Waals surface area contributed by atoms with Crippen LogP contribution in [0.15, 0.2) is 28.0 Å². The van der Waals surface area contributed by atoms with Crippen molar-refractivity contribution in [2.45, 2.75) is 49.3 Å². The van der Waals surface area contributed by atoms with Gasteiger partial charge in [-0.3, -0.25) is 24.1 Å². The lowest BCUT2D eigenvalue weighted by molar-refractivity contribution is -0.145. The summed E-state index contributed by atoms with van der Waals surface area (Å²) in [6, 6.07) is 5.56. The molecule has 6 rings (SSSR count). The Morgan fingerprint density at radius 2 is 1.81 bits per heavy atom. The molecule has 3 heterocycles. The quantitative estimate of drug-likeness (QED) is 0.285. The largest absolute Gasteiger partial charge is 0.490 e. The Hall–Kier alpha value is -3.32. The second-order valence-corrected chi connectivity index (χ2v) is 13.2. The van der Waals surface area contributed by atoms with Crippen LogP contribution in [0.3, 0.4) is 0 Å². The number of amides is 2. The number of hydrogen-bond acceptors (Lipinski definition) is 10. The number of fused-ring (bicyclic) bond motifs is 9. The van der Waals surface area contributed by atoms with Crippen molar-refractivity contribution < 1.29 is 38.5 Å². The minimum Gasteiger partial charge on any atom is -0.490 e. The molecule has 11 nitrogen and oxygen atoms in total. The van der Waals surface area contributed by atoms with E-state index in [4.69, 9.17) is 19.3 Å². The first kappa shape index (κ1) is 28.8. The Morgan fingerprint density at radius 3 is 2.52 bits per heavy atom. The lowest BCUT2D eigenvalue weighted by Gasteiger charge is -2.43. The fraction of sp³-hybridized carbons (Fsp3) is 0.552. The highest BCUT2D eigenvalue weighted by atomic mass is 32.2. The van der Waals surface area contributed by atoms with Gasteiger partial charge in [0, 0.05) is 29.0 Å². The molecule has 7 atom stereocenters. The number of nitrogens with one attached hydrogen (secondary N) is 1. The average molecular weight is 617 g/mol. The van der Waals surface area contributed by atoms with Crippen LogP contribution in [0.25, 0.3) is 0 Å². The van der Waals surface area contributed by atoms with Crippen molar-refractivity contribution in [3.63, 3.8) is 0 Å². The normalized spacial score (nSPS) is 28.8. The van der Waals surface area contributed by atoms with Gasteiger partial charge in [-0.05, 0) is 62.1 Å². The van der Waals surface area contributed by atoms with E-state index in [1.54, 1.807) is 24.8 Å². The molecule has 1 saturated heterocycles. The van der Waals surface area contributed by atoms with E-state index in [0.29, 0.717) is 18.1 Å². The second kappa shape index (κ2) is 11.4. The van der Waals surface area contributed by atoms with Gasteiger partial charge in [0.15, 0.2) is 18.1 Å². The first-order valence-electron chi connectivity index (χ1n) is 14.2. The van der Waals surface area contributed by atoms with E-state index in [1.165, 1.54) is 16.2 Å². The summed E-state index contributed by atoms with van der Waals surface area (Å²) < 4.78 is 16.6. The highest BCUT2D eigenvalue weighted by Gasteiger charge is 2.69. The molecule has 224 valence electrons. The van der Waals surface area contributed by atoms with Gasteiger partial charge in [-0.2, -0.15) is 0 Å². The number of carbonyl (C=O) groups is 4. The fourth-order valence-electron chi connectivity index (χ4n) is 7.51. The first-order valence-corrected chi connectivity index (χ1v) is 15.9. The van der Waals surface area contributed by atoms with Crippen LogP contribution < -0.4 is 14.3 Å². The van der Waals surface area contributed by atoms with Crippen molar-refractivity contribution >= 4 is 46.9 Å². The van der Waals surface area contributed by atoms with Gasteiger partial charge in [0.2, 0.25) is 11.8 Å². The van der Waals surface area contributed by atoms with Crippen LogP contribution in [0.1, 0.15) is 49.5 Å². The molecule has 2 bridgehead atoms. The van der Waals surface area contributed by atoms with Crippen LogP contribution >= 0.6 is 23.1 Å². The lowest BCUT2D eigenvalue weighted by Crippen LogP contribution is -2.42. The molecule has 2 aliphatic carbocycles. The number of thioether (sulfide) groups is 1. The highest BCUT2D eigenvalue weighted by Crippen LogP contribution is 2.68. The Labute approximate surface area is 249 Å². The number of benzene rings is 1. The van der Waals surface area contributed by atoms with Crippen LogP contribution in [0, 0.1) is 29.6 Å². The van der Waals surface area contributed by atoms with E-state index in [0.717, 1.165) is 21.9 Å². The molecule has 2 N–H and O–H groups in total. The molecular weight excluding hydrogens is 584 g/mol. The summed E-state index contributed by atoms with van der Waals surface area (Å²) in [5.74, 6) is -2.07. The number of aromatic amines is 1. The monoisotopic (exact) mass is 616 g/mol. The van der Waals surface area contributed by atoms with E-state index < -0.39 is 23.8 Å². The predicted octanol–water partition coefficient (Wildman–Crippen LogP) is 3.12. The Bertz CT molecular complexity index is 1490. The Kier molecular flexibility index (Phi) is 7.81. The van der Waals surface area contributed by atoms with E-state index in [2.05, 4.69) is 4.98 Å². The summed E-state index contributed by atoms with van der Waals surface area (Å²) in [5.41, 5.74) is 0.910. The third-order valence-corrected chi connectivity index (χ3v) is 11.5. The van der Waals surface area contributed by atoms with Crippen molar-refractivity contribution in [1.82, 2.24) is 9.88 Å². The summed E-state index contributed by atoms with van der Waals surface area (Å²) in [7, 11) is 0. The summed E-state index contributed by atoms with van der Waals surface area (Å²) >= 11 is 2.78. The molecular formula is C29H32N2O9S2. The van der Waals surface area contributed by atoms with Gasteiger partial charge < -0.3 is 24.3 Å². The van der Waals surface area contributed by atoms with E-state index >= 15 is 0 Å². The number of thiazole rings is 1. The van der Waals surface area contributed by atoms with Gasteiger partial charge >= 0.3 is 16.8 Å². The van der Waals surface area contributed by atoms with Gasteiger partial charge in [-0.1, -0.05) is 17.4 Å². The second-order valence-electron chi connectivity index (χ2n) is 11.0. The number of hydrogen-bond donors (Lipinski definition) is 2. The molecule has 2 saturated carbocycles. The fourth-order valence-corrected chi connectivity index (χ4v) is 10.4. The number of nitrogens with zero attached hydrogens (tertiary/aromatic N) is 1. The van der Waals surface area contributed by atoms with Gasteiger partial charge in [0.05, 0.1) is 30.1 Å². The summed E-state index contributed by atoms with van der Waals surface area (Å²) in [4.78, 5) is 67.6. The van der Waals surface area contributed by atoms with Gasteiger partial charge in [-0.25, -0.2) is 4.79 Å². The molecule has 6 unspecified atom stereocenters. The highest BCUT2D eigenvalue weighted by molar-refractivity contribution is 8.00. The number of likely N-dealkylation sites (tertiary alicyclic amines) is 1. The first-order chi connectivity index (χ1) is 20.2. The van der Waals surface area contributed by atoms with Crippen LogP contribution in [0.5, 0.6) is 11.5 Å². The zero-order valence-corrected chi connectivity index (χ0v) is 24.8. The number of aromatic nitrogens is 1. The average Bonchev–Trinajstić information content (AvgIpc) is 3.68. The molecule has 0 spiro atoms. The minimum atomic E-state index is -0.955. The number of carboxylic acids is 1. The van der Waals surface area contributed by atoms with Crippen molar-refractivity contribution in [2.24, 2.45) is 29.6 Å². The van der Waals surface area contributed by atoms with Crippen LogP contribution in [0.2, 0.25) is 0 Å². The zero-order chi connectivity index (χ0) is 29.7. The molecule has 13 heteroatoms. The van der Waals surface area contributed by atoms with Crippen molar-refractivity contribution in [3.8, 4) is 11.5 Å². The van der Waals surface area contributed by atoms with Crippen LogP contribution in [-0.2, 0) is 23.9 Å². The zero-order valence-electron chi connectivity index (χ0n) is 23.2. The van der Waals surface area contributed by atoms with E-state index in [9.17, 15) is 24.0 Å². The predicted molar refractivity (Wildman–Crippen MR) is 152 cm³/mol. The number of ether oxygens (including phenoxy) is 3. The minimum absolute atomic E-state index is 0.0108. The molecule has 2 aromatic rings. The molecule has 4 aliphatic rings. The number of H-pyrrole nitrogens is 1. The summed E-state index contributed by atoms with van der Waals surface area (Å²) in [6.45, 7) is 4.06. The van der Waals surface area contributed by atoms with E-state index in [-0.39, 0.29) is 78.2 Å². The van der Waals surface area contributed by atoms with Crippen LogP contribution in [-0.4, -0.2) is 70.4 Å². The lowest BCUT2D eigenvalue weighted by atomic mass is 9.68. The maximum Gasteiger partial charge on any atom is 0.344 e. The van der Waals surface area contributed by atoms with Crippen molar-refractivity contribution in [1.29, 1.82) is 0 Å². The molecule has 2 amide bonds. The smallest absolute Gasteiger partial charge is 0.344 e. The molecule has 3 fully saturated rings. The van der Waals surface area contributed by atoms with Gasteiger partial charge in [0.1, 0.15) is 0 Å². The Balaban J connectivity index is 1.33. The number of carbonyl (C=O) groups excluding carboxylic acids is 3. The molecule has 0 radical (unpaired) electrons. The van der Waals surface area contributed by atoms with Gasteiger partial charge in [0.25, 0.3) is 0 Å². The third-order valence-electron chi connectivity index (χ3n) is 8.87. The molecule has 1 aromatic heterocycles.